The summed E-state index contributed by atoms with van der Waals surface area (Å²) in [6.45, 7) is 0.247. The van der Waals surface area contributed by atoms with Crippen LogP contribution in [0.3, 0.4) is 0 Å². The van der Waals surface area contributed by atoms with Crippen LogP contribution in [0.1, 0.15) is 0 Å². The zero-order valence-corrected chi connectivity index (χ0v) is 8.53. The second kappa shape index (κ2) is 5.53. The highest BCUT2D eigenvalue weighted by Gasteiger charge is 2.07. The normalized spacial score (nSPS) is 12.5. The number of rotatable bonds is 5. The molecule has 1 atom stereocenters. The standard InChI is InChI=1S/C10H15FN2O2/c1-15-6-10(5-14)13-9-3-7(11)2-8(12)4-9/h2-4,10,13-14H,5-6,12H2,1H3. The van der Waals surface area contributed by atoms with Gasteiger partial charge in [0.25, 0.3) is 0 Å². The molecular weight excluding hydrogens is 199 g/mol. The number of nitrogens with two attached hydrogens (primary N) is 1. The maximum atomic E-state index is 13.0. The van der Waals surface area contributed by atoms with Gasteiger partial charge in [0.1, 0.15) is 5.82 Å². The number of aliphatic hydroxyl groups excluding tert-OH is 1. The van der Waals surface area contributed by atoms with E-state index in [-0.39, 0.29) is 12.6 Å². The average Bonchev–Trinajstić information content (AvgIpc) is 2.15. The van der Waals surface area contributed by atoms with Gasteiger partial charge in [0.2, 0.25) is 0 Å². The van der Waals surface area contributed by atoms with E-state index in [1.807, 2.05) is 0 Å². The summed E-state index contributed by atoms with van der Waals surface area (Å²) >= 11 is 0. The van der Waals surface area contributed by atoms with E-state index in [1.165, 1.54) is 19.2 Å². The summed E-state index contributed by atoms with van der Waals surface area (Å²) in [6, 6.07) is 3.88. The molecule has 0 aromatic heterocycles. The first-order valence-corrected chi connectivity index (χ1v) is 4.58. The highest BCUT2D eigenvalue weighted by atomic mass is 19.1. The van der Waals surface area contributed by atoms with Crippen molar-refractivity contribution < 1.29 is 14.2 Å². The fourth-order valence-electron chi connectivity index (χ4n) is 1.27. The second-order valence-electron chi connectivity index (χ2n) is 3.25. The SMILES string of the molecule is COCC(CO)Nc1cc(N)cc(F)c1. The third-order valence-electron chi connectivity index (χ3n) is 1.88. The van der Waals surface area contributed by atoms with Gasteiger partial charge >= 0.3 is 0 Å². The van der Waals surface area contributed by atoms with E-state index in [0.717, 1.165) is 0 Å². The van der Waals surface area contributed by atoms with Crippen LogP contribution in [-0.2, 0) is 4.74 Å². The summed E-state index contributed by atoms with van der Waals surface area (Å²) in [6.07, 6.45) is 0. The predicted molar refractivity (Wildman–Crippen MR) is 57.2 cm³/mol. The van der Waals surface area contributed by atoms with Gasteiger partial charge in [0.15, 0.2) is 0 Å². The zero-order valence-electron chi connectivity index (χ0n) is 8.53. The van der Waals surface area contributed by atoms with Gasteiger partial charge in [-0.2, -0.15) is 0 Å². The molecule has 0 fully saturated rings. The molecule has 0 aliphatic rings. The Bertz CT molecular complexity index is 300. The minimum atomic E-state index is -0.411. The largest absolute Gasteiger partial charge is 0.399 e. The number of anilines is 2. The van der Waals surface area contributed by atoms with Crippen LogP contribution in [0.4, 0.5) is 15.8 Å². The van der Waals surface area contributed by atoms with Crippen molar-refractivity contribution in [2.24, 2.45) is 0 Å². The Morgan fingerprint density at radius 1 is 1.53 bits per heavy atom. The smallest absolute Gasteiger partial charge is 0.127 e. The number of nitrogens with one attached hydrogen (secondary N) is 1. The first-order chi connectivity index (χ1) is 7.15. The van der Waals surface area contributed by atoms with Crippen molar-refractivity contribution in [1.29, 1.82) is 0 Å². The molecule has 0 heterocycles. The molecule has 1 unspecified atom stereocenters. The molecular formula is C10H15FN2O2. The highest BCUT2D eigenvalue weighted by molar-refractivity contribution is 5.55. The van der Waals surface area contributed by atoms with Gasteiger partial charge in [-0.15, -0.1) is 0 Å². The summed E-state index contributed by atoms with van der Waals surface area (Å²) in [5.41, 5.74) is 6.35. The van der Waals surface area contributed by atoms with Crippen LogP contribution >= 0.6 is 0 Å². The van der Waals surface area contributed by atoms with Crippen molar-refractivity contribution in [3.8, 4) is 0 Å². The lowest BCUT2D eigenvalue weighted by Crippen LogP contribution is -2.28. The molecule has 84 valence electrons. The average molecular weight is 214 g/mol. The van der Waals surface area contributed by atoms with Gasteiger partial charge in [0, 0.05) is 18.5 Å². The number of methoxy groups -OCH3 is 1. The lowest BCUT2D eigenvalue weighted by molar-refractivity contribution is 0.153. The Labute approximate surface area is 87.9 Å². The Balaban J connectivity index is 2.69. The molecule has 1 aromatic rings. The number of hydrogen-bond donors (Lipinski definition) is 3. The van der Waals surface area contributed by atoms with Gasteiger partial charge in [-0.1, -0.05) is 0 Å². The molecule has 5 heteroatoms. The molecule has 0 radical (unpaired) electrons. The summed E-state index contributed by atoms with van der Waals surface area (Å²) in [5.74, 6) is -0.411. The number of hydrogen-bond acceptors (Lipinski definition) is 4. The number of aliphatic hydroxyl groups is 1. The van der Waals surface area contributed by atoms with E-state index in [4.69, 9.17) is 15.6 Å². The molecule has 15 heavy (non-hydrogen) atoms. The molecule has 0 spiro atoms. The van der Waals surface area contributed by atoms with E-state index < -0.39 is 5.82 Å². The van der Waals surface area contributed by atoms with Gasteiger partial charge in [0.05, 0.1) is 19.3 Å². The van der Waals surface area contributed by atoms with E-state index in [1.54, 1.807) is 6.07 Å². The zero-order chi connectivity index (χ0) is 11.3. The van der Waals surface area contributed by atoms with Crippen LogP contribution in [0.25, 0.3) is 0 Å². The van der Waals surface area contributed by atoms with E-state index >= 15 is 0 Å². The van der Waals surface area contributed by atoms with Crippen molar-refractivity contribution in [2.45, 2.75) is 6.04 Å². The first-order valence-electron chi connectivity index (χ1n) is 4.58. The van der Waals surface area contributed by atoms with Crippen molar-refractivity contribution in [3.05, 3.63) is 24.0 Å². The Morgan fingerprint density at radius 2 is 2.27 bits per heavy atom. The number of halogens is 1. The number of ether oxygens (including phenoxy) is 1. The molecule has 0 aliphatic heterocycles. The molecule has 0 amide bonds. The number of benzene rings is 1. The van der Waals surface area contributed by atoms with E-state index in [0.29, 0.717) is 18.0 Å². The maximum Gasteiger partial charge on any atom is 0.127 e. The monoisotopic (exact) mass is 214 g/mol. The molecule has 4 nitrogen and oxygen atoms in total. The van der Waals surface area contributed by atoms with Crippen LogP contribution in [0.2, 0.25) is 0 Å². The first kappa shape index (κ1) is 11.7. The van der Waals surface area contributed by atoms with Crippen LogP contribution in [0, 0.1) is 5.82 Å². The van der Waals surface area contributed by atoms with E-state index in [2.05, 4.69) is 5.32 Å². The topological polar surface area (TPSA) is 67.5 Å². The Kier molecular flexibility index (Phi) is 4.33. The molecule has 0 saturated carbocycles. The summed E-state index contributed by atoms with van der Waals surface area (Å²) in [4.78, 5) is 0. The lowest BCUT2D eigenvalue weighted by atomic mass is 10.2. The van der Waals surface area contributed by atoms with Gasteiger partial charge in [-0.25, -0.2) is 4.39 Å². The van der Waals surface area contributed by atoms with Crippen molar-refractivity contribution in [1.82, 2.24) is 0 Å². The molecule has 0 saturated heterocycles. The quantitative estimate of drug-likeness (QED) is 0.635. The third-order valence-corrected chi connectivity index (χ3v) is 1.88. The second-order valence-corrected chi connectivity index (χ2v) is 3.25. The minimum Gasteiger partial charge on any atom is -0.399 e. The van der Waals surface area contributed by atoms with Crippen LogP contribution in [-0.4, -0.2) is 31.5 Å². The molecule has 1 rings (SSSR count). The van der Waals surface area contributed by atoms with Crippen molar-refractivity contribution in [3.63, 3.8) is 0 Å². The lowest BCUT2D eigenvalue weighted by Gasteiger charge is -2.16. The fraction of sp³-hybridized carbons (Fsp3) is 0.400. The fourth-order valence-corrected chi connectivity index (χ4v) is 1.27. The summed E-state index contributed by atoms with van der Waals surface area (Å²) in [7, 11) is 1.53. The van der Waals surface area contributed by atoms with Crippen LogP contribution < -0.4 is 11.1 Å². The van der Waals surface area contributed by atoms with E-state index in [9.17, 15) is 4.39 Å². The van der Waals surface area contributed by atoms with Crippen LogP contribution in [0.5, 0.6) is 0 Å². The third kappa shape index (κ3) is 3.73. The predicted octanol–water partition coefficient (Wildman–Crippen LogP) is 0.827. The van der Waals surface area contributed by atoms with Gasteiger partial charge < -0.3 is 20.9 Å². The number of nitrogen functional groups attached to an aromatic ring is 1. The summed E-state index contributed by atoms with van der Waals surface area (Å²) < 4.78 is 17.8. The van der Waals surface area contributed by atoms with Crippen molar-refractivity contribution in [2.75, 3.05) is 31.4 Å². The van der Waals surface area contributed by atoms with Gasteiger partial charge in [-0.3, -0.25) is 0 Å². The highest BCUT2D eigenvalue weighted by Crippen LogP contribution is 2.16. The molecule has 1 aromatic carbocycles. The minimum absolute atomic E-state index is 0.0930. The van der Waals surface area contributed by atoms with Crippen LogP contribution in [0.15, 0.2) is 18.2 Å². The van der Waals surface area contributed by atoms with Crippen molar-refractivity contribution >= 4 is 11.4 Å². The molecule has 0 bridgehead atoms. The Morgan fingerprint density at radius 3 is 2.80 bits per heavy atom. The maximum absolute atomic E-state index is 13.0. The van der Waals surface area contributed by atoms with Gasteiger partial charge in [-0.05, 0) is 18.2 Å². The Hall–Kier alpha value is -1.33. The molecule has 0 aliphatic carbocycles. The molecule has 4 N–H and O–H groups in total. The summed E-state index contributed by atoms with van der Waals surface area (Å²) in [5, 5.41) is 11.9.